The zero-order valence-electron chi connectivity index (χ0n) is 22.9. The number of nitrogens with two attached hydrogens (primary N) is 1. The monoisotopic (exact) mass is 570 g/mol. The van der Waals surface area contributed by atoms with Crippen molar-refractivity contribution in [3.05, 3.63) is 69.0 Å². The summed E-state index contributed by atoms with van der Waals surface area (Å²) in [5.74, 6) is 1.05. The van der Waals surface area contributed by atoms with E-state index in [2.05, 4.69) is 20.4 Å². The van der Waals surface area contributed by atoms with Crippen LogP contribution in [0, 0.1) is 0 Å². The number of ether oxygens (including phenoxy) is 3. The van der Waals surface area contributed by atoms with Crippen molar-refractivity contribution < 1.29 is 19.0 Å². The van der Waals surface area contributed by atoms with E-state index in [9.17, 15) is 9.59 Å². The van der Waals surface area contributed by atoms with Crippen LogP contribution in [0.15, 0.2) is 47.3 Å². The largest absolute Gasteiger partial charge is 0.493 e. The molecule has 214 valence electrons. The molecule has 12 heteroatoms. The summed E-state index contributed by atoms with van der Waals surface area (Å²) in [6.07, 6.45) is -0.166. The first-order valence-electron chi connectivity index (χ1n) is 13.1. The van der Waals surface area contributed by atoms with Gasteiger partial charge >= 0.3 is 0 Å². The number of aromatic nitrogens is 2. The predicted octanol–water partition coefficient (Wildman–Crippen LogP) is 3.14. The number of carbonyl (C=O) groups excluding carboxylic acids is 1. The van der Waals surface area contributed by atoms with Crippen molar-refractivity contribution in [2.24, 2.45) is 0 Å². The Morgan fingerprint density at radius 3 is 2.48 bits per heavy atom. The van der Waals surface area contributed by atoms with Crippen LogP contribution in [0.4, 0.5) is 11.4 Å². The van der Waals surface area contributed by atoms with E-state index in [1.807, 2.05) is 49.1 Å². The van der Waals surface area contributed by atoms with Gasteiger partial charge in [0.15, 0.2) is 18.1 Å². The van der Waals surface area contributed by atoms with Crippen molar-refractivity contribution in [2.45, 2.75) is 33.0 Å². The Kier molecular flexibility index (Phi) is 9.73. The second kappa shape index (κ2) is 13.4. The summed E-state index contributed by atoms with van der Waals surface area (Å²) in [4.78, 5) is 29.0. The van der Waals surface area contributed by atoms with Crippen LogP contribution < -0.4 is 30.8 Å². The second-order valence-corrected chi connectivity index (χ2v) is 10.1. The van der Waals surface area contributed by atoms with E-state index in [1.165, 1.54) is 5.56 Å². The molecule has 2 heterocycles. The van der Waals surface area contributed by atoms with Crippen LogP contribution in [-0.2, 0) is 17.9 Å². The van der Waals surface area contributed by atoms with E-state index in [4.69, 9.17) is 31.5 Å². The van der Waals surface area contributed by atoms with Crippen molar-refractivity contribution in [3.8, 4) is 17.4 Å². The number of halogens is 1. The second-order valence-electron chi connectivity index (χ2n) is 9.74. The summed E-state index contributed by atoms with van der Waals surface area (Å²) in [7, 11) is 1.54. The molecular formula is C28H35ClN6O5. The highest BCUT2D eigenvalue weighted by atomic mass is 35.5. The summed E-state index contributed by atoms with van der Waals surface area (Å²) >= 11 is 6.22. The lowest BCUT2D eigenvalue weighted by Crippen LogP contribution is -2.49. The smallest absolute Gasteiger partial charge is 0.285 e. The summed E-state index contributed by atoms with van der Waals surface area (Å²) in [5, 5.41) is 9.36. The zero-order chi connectivity index (χ0) is 28.6. The number of hydrogen-bond acceptors (Lipinski definition) is 9. The number of methoxy groups -OCH3 is 1. The van der Waals surface area contributed by atoms with Gasteiger partial charge < -0.3 is 30.2 Å². The average Bonchev–Trinajstić information content (AvgIpc) is 2.95. The summed E-state index contributed by atoms with van der Waals surface area (Å²) in [6, 6.07) is 13.2. The maximum absolute atomic E-state index is 12.9. The van der Waals surface area contributed by atoms with E-state index >= 15 is 0 Å². The molecule has 0 unspecified atom stereocenters. The number of carbonyl (C=O) groups is 1. The minimum absolute atomic E-state index is 0.0465. The first-order valence-corrected chi connectivity index (χ1v) is 13.4. The highest BCUT2D eigenvalue weighted by Gasteiger charge is 2.22. The number of piperazine rings is 1. The van der Waals surface area contributed by atoms with Gasteiger partial charge in [0.2, 0.25) is 0 Å². The fraction of sp³-hybridized carbons (Fsp3) is 0.393. The maximum Gasteiger partial charge on any atom is 0.285 e. The van der Waals surface area contributed by atoms with Crippen LogP contribution in [0.3, 0.4) is 0 Å². The van der Waals surface area contributed by atoms with Crippen LogP contribution in [0.2, 0.25) is 5.02 Å². The van der Waals surface area contributed by atoms with Gasteiger partial charge in [0.25, 0.3) is 17.3 Å². The van der Waals surface area contributed by atoms with Crippen LogP contribution >= 0.6 is 11.6 Å². The van der Waals surface area contributed by atoms with Gasteiger partial charge in [-0.25, -0.2) is 5.10 Å². The Balaban J connectivity index is 1.33. The van der Waals surface area contributed by atoms with Crippen molar-refractivity contribution in [2.75, 3.05) is 50.9 Å². The van der Waals surface area contributed by atoms with Crippen molar-refractivity contribution in [1.82, 2.24) is 20.0 Å². The van der Waals surface area contributed by atoms with Crippen molar-refractivity contribution in [1.29, 1.82) is 0 Å². The minimum atomic E-state index is -0.524. The molecule has 0 radical (unpaired) electrons. The van der Waals surface area contributed by atoms with Crippen LogP contribution in [0.5, 0.6) is 17.4 Å². The number of nitrogen functional groups attached to an aromatic ring is 1. The third-order valence-electron chi connectivity index (χ3n) is 6.40. The number of hydrogen-bond donors (Lipinski definition) is 3. The van der Waals surface area contributed by atoms with E-state index in [0.717, 1.165) is 30.9 Å². The van der Waals surface area contributed by atoms with Crippen LogP contribution in [-0.4, -0.2) is 71.9 Å². The van der Waals surface area contributed by atoms with Gasteiger partial charge in [0.05, 0.1) is 13.2 Å². The Morgan fingerprint density at radius 1 is 1.10 bits per heavy atom. The quantitative estimate of drug-likeness (QED) is 0.297. The molecule has 11 nitrogen and oxygen atoms in total. The molecule has 3 aromatic rings. The molecule has 1 aliphatic rings. The molecule has 4 N–H and O–H groups in total. The summed E-state index contributed by atoms with van der Waals surface area (Å²) < 4.78 is 17.0. The molecule has 1 fully saturated rings. The lowest BCUT2D eigenvalue weighted by atomic mass is 10.2. The molecule has 0 bridgehead atoms. The fourth-order valence-electron chi connectivity index (χ4n) is 4.28. The Labute approximate surface area is 238 Å². The molecule has 2 aromatic carbocycles. The number of nitrogens with one attached hydrogen (secondary N) is 2. The molecular weight excluding hydrogens is 536 g/mol. The van der Waals surface area contributed by atoms with E-state index in [0.29, 0.717) is 36.8 Å². The fourth-order valence-corrected chi connectivity index (χ4v) is 4.47. The molecule has 4 rings (SSSR count). The van der Waals surface area contributed by atoms with E-state index < -0.39 is 5.56 Å². The number of anilines is 2. The molecule has 1 aliphatic heterocycles. The maximum atomic E-state index is 12.9. The molecule has 0 spiro atoms. The minimum Gasteiger partial charge on any atom is -0.493 e. The third kappa shape index (κ3) is 7.57. The molecule has 1 amide bonds. The van der Waals surface area contributed by atoms with Gasteiger partial charge in [-0.15, -0.1) is 5.10 Å². The van der Waals surface area contributed by atoms with Gasteiger partial charge in [-0.2, -0.15) is 0 Å². The lowest BCUT2D eigenvalue weighted by molar-refractivity contribution is -0.135. The Bertz CT molecular complexity index is 1360. The molecule has 1 aromatic heterocycles. The SMILES string of the molecule is COc1ccc(CNc2c(OC(C)C)n[nH]c(=O)c2Cl)cc1OCC(=O)N1CCN(Cc2ccc(N)cc2)CC1. The normalized spacial score (nSPS) is 13.8. The summed E-state index contributed by atoms with van der Waals surface area (Å²) in [6.45, 7) is 7.52. The average molecular weight is 571 g/mol. The van der Waals surface area contributed by atoms with E-state index in [1.54, 1.807) is 19.2 Å². The highest BCUT2D eigenvalue weighted by Crippen LogP contribution is 2.31. The van der Waals surface area contributed by atoms with Crippen molar-refractivity contribution >= 4 is 28.9 Å². The first-order chi connectivity index (χ1) is 19.2. The molecule has 0 saturated carbocycles. The van der Waals surface area contributed by atoms with Gasteiger partial charge in [-0.1, -0.05) is 29.8 Å². The molecule has 0 atom stereocenters. The topological polar surface area (TPSA) is 135 Å². The molecule has 1 saturated heterocycles. The van der Waals surface area contributed by atoms with Gasteiger partial charge in [0, 0.05) is 45.0 Å². The number of nitrogens with zero attached hydrogens (tertiary/aromatic N) is 3. The number of H-pyrrole nitrogens is 1. The van der Waals surface area contributed by atoms with E-state index in [-0.39, 0.29) is 29.5 Å². The lowest BCUT2D eigenvalue weighted by Gasteiger charge is -2.34. The standard InChI is InChI=1S/C28H35ClN6O5/c1-18(2)40-28-26(25(29)27(37)32-33-28)31-15-20-6-9-22(38-3)23(14-20)39-17-24(36)35-12-10-34(11-13-35)16-19-4-7-21(30)8-5-19/h4-9,14,18H,10-13,15-17,30H2,1-3H3,(H2,31,32,37). The Hall–Kier alpha value is -3.96. The van der Waals surface area contributed by atoms with Crippen LogP contribution in [0.25, 0.3) is 0 Å². The van der Waals surface area contributed by atoms with Crippen molar-refractivity contribution in [3.63, 3.8) is 0 Å². The summed E-state index contributed by atoms with van der Waals surface area (Å²) in [5.41, 5.74) is 8.30. The zero-order valence-corrected chi connectivity index (χ0v) is 23.7. The number of benzene rings is 2. The number of aromatic amines is 1. The number of rotatable bonds is 11. The Morgan fingerprint density at radius 2 is 1.80 bits per heavy atom. The molecule has 40 heavy (non-hydrogen) atoms. The van der Waals surface area contributed by atoms with Gasteiger partial charge in [-0.3, -0.25) is 14.5 Å². The third-order valence-corrected chi connectivity index (χ3v) is 6.76. The highest BCUT2D eigenvalue weighted by molar-refractivity contribution is 6.33. The first kappa shape index (κ1) is 29.0. The van der Waals surface area contributed by atoms with Gasteiger partial charge in [0.1, 0.15) is 10.7 Å². The van der Waals surface area contributed by atoms with Crippen LogP contribution in [0.1, 0.15) is 25.0 Å². The van der Waals surface area contributed by atoms with Gasteiger partial charge in [-0.05, 0) is 49.2 Å². The molecule has 0 aliphatic carbocycles. The predicted molar refractivity (Wildman–Crippen MR) is 154 cm³/mol. The number of amides is 1.